The van der Waals surface area contributed by atoms with Gasteiger partial charge in [0, 0.05) is 0 Å². The molecule has 0 saturated carbocycles. The lowest BCUT2D eigenvalue weighted by Crippen LogP contribution is -2.24. The van der Waals surface area contributed by atoms with Crippen molar-refractivity contribution in [2.45, 2.75) is 11.4 Å². The summed E-state index contributed by atoms with van der Waals surface area (Å²) in [6, 6.07) is 6.44. The van der Waals surface area contributed by atoms with Crippen molar-refractivity contribution in [3.8, 4) is 0 Å². The maximum absolute atomic E-state index is 13.0. The highest BCUT2D eigenvalue weighted by atomic mass is 32.2. The van der Waals surface area contributed by atoms with Crippen LogP contribution < -0.4 is 10.5 Å². The first-order valence-electron chi connectivity index (χ1n) is 5.06. The van der Waals surface area contributed by atoms with Crippen LogP contribution in [0.3, 0.4) is 0 Å². The Morgan fingerprint density at radius 3 is 2.78 bits per heavy atom. The molecule has 0 aliphatic carbocycles. The summed E-state index contributed by atoms with van der Waals surface area (Å²) < 4.78 is 44.1. The smallest absolute Gasteiger partial charge is 0.243 e. The predicted octanol–water partition coefficient (Wildman–Crippen LogP) is 1.48. The minimum Gasteiger partial charge on any atom is -0.468 e. The summed E-state index contributed by atoms with van der Waals surface area (Å²) in [7, 11) is -3.86. The lowest BCUT2D eigenvalue weighted by molar-refractivity contribution is 0.498. The van der Waals surface area contributed by atoms with Crippen LogP contribution in [0.2, 0.25) is 0 Å². The summed E-state index contributed by atoms with van der Waals surface area (Å²) in [5, 5.41) is 0. The number of nitrogens with two attached hydrogens (primary N) is 1. The molecule has 2 rings (SSSR count). The van der Waals surface area contributed by atoms with Crippen LogP contribution in [0.4, 0.5) is 10.1 Å². The van der Waals surface area contributed by atoms with E-state index in [1.165, 1.54) is 12.3 Å². The van der Waals surface area contributed by atoms with E-state index in [4.69, 9.17) is 10.2 Å². The summed E-state index contributed by atoms with van der Waals surface area (Å²) in [5.41, 5.74) is 5.50. The number of nitrogen functional groups attached to an aromatic ring is 1. The first kappa shape index (κ1) is 12.6. The number of furan rings is 1. The van der Waals surface area contributed by atoms with Gasteiger partial charge in [-0.25, -0.2) is 17.5 Å². The van der Waals surface area contributed by atoms with Crippen LogP contribution in [-0.4, -0.2) is 8.42 Å². The highest BCUT2D eigenvalue weighted by Gasteiger charge is 2.18. The fraction of sp³-hybridized carbons (Fsp3) is 0.0909. The number of hydrogen-bond acceptors (Lipinski definition) is 4. The second-order valence-electron chi connectivity index (χ2n) is 3.59. The molecule has 0 spiro atoms. The second kappa shape index (κ2) is 4.79. The van der Waals surface area contributed by atoms with Gasteiger partial charge in [-0.15, -0.1) is 0 Å². The largest absolute Gasteiger partial charge is 0.468 e. The van der Waals surface area contributed by atoms with Gasteiger partial charge in [-0.05, 0) is 30.3 Å². The summed E-state index contributed by atoms with van der Waals surface area (Å²) in [6.45, 7) is -0.0225. The van der Waals surface area contributed by atoms with Crippen molar-refractivity contribution in [3.63, 3.8) is 0 Å². The molecule has 96 valence electrons. The van der Waals surface area contributed by atoms with Gasteiger partial charge in [0.05, 0.1) is 18.5 Å². The molecule has 2 aromatic rings. The maximum Gasteiger partial charge on any atom is 0.243 e. The maximum atomic E-state index is 13.0. The first-order valence-corrected chi connectivity index (χ1v) is 6.54. The fourth-order valence-corrected chi connectivity index (χ4v) is 2.53. The SMILES string of the molecule is Nc1ccc(F)cc1S(=O)(=O)NCc1ccco1. The van der Waals surface area contributed by atoms with Crippen LogP contribution in [0.15, 0.2) is 45.9 Å². The molecule has 0 aliphatic heterocycles. The molecule has 0 radical (unpaired) electrons. The molecule has 0 saturated heterocycles. The highest BCUT2D eigenvalue weighted by molar-refractivity contribution is 7.89. The van der Waals surface area contributed by atoms with Crippen molar-refractivity contribution in [2.24, 2.45) is 0 Å². The highest BCUT2D eigenvalue weighted by Crippen LogP contribution is 2.19. The van der Waals surface area contributed by atoms with E-state index in [2.05, 4.69) is 4.72 Å². The third-order valence-corrected chi connectivity index (χ3v) is 3.74. The Kier molecular flexibility index (Phi) is 3.35. The molecule has 3 N–H and O–H groups in total. The van der Waals surface area contributed by atoms with Gasteiger partial charge in [-0.1, -0.05) is 0 Å². The number of halogens is 1. The van der Waals surface area contributed by atoms with Crippen molar-refractivity contribution >= 4 is 15.7 Å². The zero-order valence-electron chi connectivity index (χ0n) is 9.26. The second-order valence-corrected chi connectivity index (χ2v) is 5.32. The molecule has 18 heavy (non-hydrogen) atoms. The quantitative estimate of drug-likeness (QED) is 0.824. The normalized spacial score (nSPS) is 11.6. The van der Waals surface area contributed by atoms with Crippen molar-refractivity contribution in [1.82, 2.24) is 4.72 Å². The molecular weight excluding hydrogens is 259 g/mol. The summed E-state index contributed by atoms with van der Waals surface area (Å²) >= 11 is 0. The number of rotatable bonds is 4. The molecule has 1 aromatic heterocycles. The standard InChI is InChI=1S/C11H11FN2O3S/c12-8-3-4-10(13)11(6-8)18(15,16)14-7-9-2-1-5-17-9/h1-6,14H,7,13H2. The van der Waals surface area contributed by atoms with Gasteiger partial charge in [0.1, 0.15) is 16.5 Å². The number of sulfonamides is 1. The zero-order valence-corrected chi connectivity index (χ0v) is 10.1. The predicted molar refractivity (Wildman–Crippen MR) is 63.5 cm³/mol. The van der Waals surface area contributed by atoms with E-state index in [0.717, 1.165) is 12.1 Å². The molecule has 0 bridgehead atoms. The van der Waals surface area contributed by atoms with Crippen LogP contribution in [0.1, 0.15) is 5.76 Å². The van der Waals surface area contributed by atoms with Gasteiger partial charge in [0.2, 0.25) is 10.0 Å². The number of anilines is 1. The average molecular weight is 270 g/mol. The van der Waals surface area contributed by atoms with Gasteiger partial charge < -0.3 is 10.2 Å². The van der Waals surface area contributed by atoms with Crippen molar-refractivity contribution in [3.05, 3.63) is 48.2 Å². The average Bonchev–Trinajstić information content (AvgIpc) is 2.83. The monoisotopic (exact) mass is 270 g/mol. The van der Waals surface area contributed by atoms with Gasteiger partial charge in [0.15, 0.2) is 0 Å². The third kappa shape index (κ3) is 2.69. The van der Waals surface area contributed by atoms with Gasteiger partial charge in [-0.3, -0.25) is 0 Å². The van der Waals surface area contributed by atoms with E-state index in [-0.39, 0.29) is 17.1 Å². The Morgan fingerprint density at radius 1 is 1.33 bits per heavy atom. The van der Waals surface area contributed by atoms with Crippen LogP contribution in [0.25, 0.3) is 0 Å². The van der Waals surface area contributed by atoms with Crippen LogP contribution in [-0.2, 0) is 16.6 Å². The minimum atomic E-state index is -3.86. The Morgan fingerprint density at radius 2 is 2.11 bits per heavy atom. The van der Waals surface area contributed by atoms with Gasteiger partial charge in [0.25, 0.3) is 0 Å². The van der Waals surface area contributed by atoms with E-state index < -0.39 is 15.8 Å². The van der Waals surface area contributed by atoms with E-state index in [9.17, 15) is 12.8 Å². The molecule has 5 nitrogen and oxygen atoms in total. The van der Waals surface area contributed by atoms with Gasteiger partial charge in [-0.2, -0.15) is 0 Å². The number of nitrogens with one attached hydrogen (secondary N) is 1. The lowest BCUT2D eigenvalue weighted by atomic mass is 10.3. The molecule has 0 aliphatic rings. The summed E-state index contributed by atoms with van der Waals surface area (Å²) in [5.74, 6) is -0.212. The Hall–Kier alpha value is -1.86. The van der Waals surface area contributed by atoms with Gasteiger partial charge >= 0.3 is 0 Å². The zero-order chi connectivity index (χ0) is 13.2. The topological polar surface area (TPSA) is 85.3 Å². The van der Waals surface area contributed by atoms with Crippen molar-refractivity contribution in [2.75, 3.05) is 5.73 Å². The molecule has 0 atom stereocenters. The third-order valence-electron chi connectivity index (χ3n) is 2.28. The van der Waals surface area contributed by atoms with Crippen LogP contribution in [0, 0.1) is 5.82 Å². The molecule has 0 amide bonds. The van der Waals surface area contributed by atoms with Crippen molar-refractivity contribution in [1.29, 1.82) is 0 Å². The van der Waals surface area contributed by atoms with E-state index in [0.29, 0.717) is 5.76 Å². The minimum absolute atomic E-state index is 0.0108. The molecule has 0 fully saturated rings. The molecule has 0 unspecified atom stereocenters. The summed E-state index contributed by atoms with van der Waals surface area (Å²) in [6.07, 6.45) is 1.43. The van der Waals surface area contributed by atoms with Crippen molar-refractivity contribution < 1.29 is 17.2 Å². The molecular formula is C11H11FN2O3S. The Labute approximate surface area is 103 Å². The molecule has 7 heteroatoms. The van der Waals surface area contributed by atoms with E-state index in [1.54, 1.807) is 12.1 Å². The fourth-order valence-electron chi connectivity index (χ4n) is 1.40. The van der Waals surface area contributed by atoms with Crippen LogP contribution >= 0.6 is 0 Å². The molecule has 1 heterocycles. The summed E-state index contributed by atoms with van der Waals surface area (Å²) in [4.78, 5) is -0.283. The van der Waals surface area contributed by atoms with E-state index >= 15 is 0 Å². The van der Waals surface area contributed by atoms with Crippen LogP contribution in [0.5, 0.6) is 0 Å². The Balaban J connectivity index is 2.22. The molecule has 1 aromatic carbocycles. The first-order chi connectivity index (χ1) is 8.49. The Bertz CT molecular complexity index is 638. The number of hydrogen-bond donors (Lipinski definition) is 2. The van der Waals surface area contributed by atoms with E-state index in [1.807, 2.05) is 0 Å². The lowest BCUT2D eigenvalue weighted by Gasteiger charge is -2.08. The number of benzene rings is 1.